The highest BCUT2D eigenvalue weighted by Crippen LogP contribution is 2.44. The number of amides is 2. The van der Waals surface area contributed by atoms with Crippen molar-refractivity contribution < 1.29 is 33.7 Å². The normalized spacial score (nSPS) is 20.6. The number of hydrogen-bond acceptors (Lipinski definition) is 6. The predicted octanol–water partition coefficient (Wildman–Crippen LogP) is 2.63. The predicted molar refractivity (Wildman–Crippen MR) is 127 cm³/mol. The van der Waals surface area contributed by atoms with E-state index in [0.717, 1.165) is 22.3 Å². The van der Waals surface area contributed by atoms with Crippen molar-refractivity contribution in [2.24, 2.45) is 0 Å². The molecule has 2 aromatic carbocycles. The van der Waals surface area contributed by atoms with Gasteiger partial charge in [-0.1, -0.05) is 48.5 Å². The first-order valence-corrected chi connectivity index (χ1v) is 11.6. The molecular formula is C26H30N2O7. The molecule has 1 saturated heterocycles. The zero-order valence-electron chi connectivity index (χ0n) is 20.0. The fraction of sp³-hybridized carbons (Fsp3) is 0.423. The Morgan fingerprint density at radius 3 is 2.20 bits per heavy atom. The lowest BCUT2D eigenvalue weighted by molar-refractivity contribution is -0.150. The third-order valence-corrected chi connectivity index (χ3v) is 6.89. The van der Waals surface area contributed by atoms with Crippen molar-refractivity contribution in [2.45, 2.75) is 43.6 Å². The molecule has 1 heterocycles. The number of fused-ring (bicyclic) bond motifs is 3. The van der Waals surface area contributed by atoms with Crippen LogP contribution in [0.2, 0.25) is 0 Å². The van der Waals surface area contributed by atoms with E-state index in [1.165, 1.54) is 19.1 Å². The van der Waals surface area contributed by atoms with Gasteiger partial charge in [-0.15, -0.1) is 0 Å². The van der Waals surface area contributed by atoms with Crippen LogP contribution in [0.1, 0.15) is 30.4 Å². The van der Waals surface area contributed by atoms with Crippen LogP contribution in [0.5, 0.6) is 0 Å². The standard InChI is InChI=1S/C26H30N2O7/c1-15(33-2)23(24(29)28-13-16(34-3)12-22(28)25(30)31)27-26(32)35-14-21-19-10-6-4-8-17(19)18-9-5-7-11-20(18)21/h4-11,15-16,21-23H,12-14H2,1-3H3,(H,27,32)(H,30,31)/t15-,16?,22?,23+/m1/s1. The van der Waals surface area contributed by atoms with Crippen molar-refractivity contribution in [3.8, 4) is 11.1 Å². The number of carbonyl (C=O) groups is 3. The lowest BCUT2D eigenvalue weighted by Crippen LogP contribution is -2.56. The Balaban J connectivity index is 1.46. The van der Waals surface area contributed by atoms with Gasteiger partial charge in [0.25, 0.3) is 0 Å². The summed E-state index contributed by atoms with van der Waals surface area (Å²) in [5.74, 6) is -1.80. The highest BCUT2D eigenvalue weighted by molar-refractivity contribution is 5.90. The van der Waals surface area contributed by atoms with Gasteiger partial charge in [-0.25, -0.2) is 9.59 Å². The van der Waals surface area contributed by atoms with Crippen molar-refractivity contribution in [2.75, 3.05) is 27.4 Å². The van der Waals surface area contributed by atoms with Gasteiger partial charge in [-0.3, -0.25) is 4.79 Å². The fourth-order valence-electron chi connectivity index (χ4n) is 4.91. The van der Waals surface area contributed by atoms with Crippen LogP contribution >= 0.6 is 0 Å². The van der Waals surface area contributed by atoms with E-state index in [9.17, 15) is 19.5 Å². The number of nitrogens with one attached hydrogen (secondary N) is 1. The Kier molecular flexibility index (Phi) is 7.37. The number of benzene rings is 2. The molecule has 2 amide bonds. The molecule has 1 aliphatic carbocycles. The van der Waals surface area contributed by atoms with E-state index in [-0.39, 0.29) is 25.5 Å². The van der Waals surface area contributed by atoms with Crippen LogP contribution in [0, 0.1) is 0 Å². The van der Waals surface area contributed by atoms with Gasteiger partial charge in [-0.2, -0.15) is 0 Å². The van der Waals surface area contributed by atoms with Crippen LogP contribution in [-0.4, -0.2) is 79.6 Å². The second-order valence-corrected chi connectivity index (χ2v) is 8.83. The number of carboxylic acid groups (broad SMARTS) is 1. The summed E-state index contributed by atoms with van der Waals surface area (Å²) in [6, 6.07) is 13.8. The molecule has 35 heavy (non-hydrogen) atoms. The van der Waals surface area contributed by atoms with Crippen LogP contribution < -0.4 is 5.32 Å². The summed E-state index contributed by atoms with van der Waals surface area (Å²) >= 11 is 0. The van der Waals surface area contributed by atoms with E-state index in [2.05, 4.69) is 5.32 Å². The minimum Gasteiger partial charge on any atom is -0.480 e. The summed E-state index contributed by atoms with van der Waals surface area (Å²) in [5, 5.41) is 12.2. The van der Waals surface area contributed by atoms with Crippen molar-refractivity contribution in [3.05, 3.63) is 59.7 Å². The number of hydrogen-bond donors (Lipinski definition) is 2. The largest absolute Gasteiger partial charge is 0.480 e. The molecule has 0 spiro atoms. The molecule has 2 aliphatic rings. The van der Waals surface area contributed by atoms with Gasteiger partial charge >= 0.3 is 12.1 Å². The third-order valence-electron chi connectivity index (χ3n) is 6.89. The second-order valence-electron chi connectivity index (χ2n) is 8.83. The molecule has 0 bridgehead atoms. The maximum absolute atomic E-state index is 13.3. The molecule has 1 aliphatic heterocycles. The maximum Gasteiger partial charge on any atom is 0.407 e. The first-order valence-electron chi connectivity index (χ1n) is 11.6. The number of rotatable bonds is 8. The van der Waals surface area contributed by atoms with E-state index in [4.69, 9.17) is 14.2 Å². The summed E-state index contributed by atoms with van der Waals surface area (Å²) in [5.41, 5.74) is 4.37. The summed E-state index contributed by atoms with van der Waals surface area (Å²) in [6.07, 6.45) is -1.70. The molecule has 4 atom stereocenters. The maximum atomic E-state index is 13.3. The molecular weight excluding hydrogens is 452 g/mol. The summed E-state index contributed by atoms with van der Waals surface area (Å²) in [7, 11) is 2.89. The Bertz CT molecular complexity index is 1060. The van der Waals surface area contributed by atoms with Crippen molar-refractivity contribution >= 4 is 18.0 Å². The molecule has 2 unspecified atom stereocenters. The number of carboxylic acids is 1. The average molecular weight is 483 g/mol. The summed E-state index contributed by atoms with van der Waals surface area (Å²) < 4.78 is 16.2. The number of carbonyl (C=O) groups excluding carboxylic acids is 2. The summed E-state index contributed by atoms with van der Waals surface area (Å²) in [4.78, 5) is 39.1. The Labute approximate surface area is 204 Å². The molecule has 0 saturated carbocycles. The van der Waals surface area contributed by atoms with E-state index < -0.39 is 42.3 Å². The lowest BCUT2D eigenvalue weighted by Gasteiger charge is -2.29. The fourth-order valence-corrected chi connectivity index (χ4v) is 4.91. The molecule has 0 radical (unpaired) electrons. The van der Waals surface area contributed by atoms with E-state index in [1.807, 2.05) is 48.5 Å². The van der Waals surface area contributed by atoms with Gasteiger partial charge in [0.1, 0.15) is 18.7 Å². The lowest BCUT2D eigenvalue weighted by atomic mass is 9.98. The minimum absolute atomic E-state index is 0.0926. The van der Waals surface area contributed by atoms with Gasteiger partial charge < -0.3 is 29.5 Å². The number of alkyl carbamates (subject to hydrolysis) is 1. The van der Waals surface area contributed by atoms with Gasteiger partial charge in [0.15, 0.2) is 0 Å². The van der Waals surface area contributed by atoms with Crippen molar-refractivity contribution in [1.82, 2.24) is 10.2 Å². The SMILES string of the molecule is COC1CC(C(=O)O)N(C(=O)[C@@H](NC(=O)OCC2c3ccccc3-c3ccccc32)[C@@H](C)OC)C1. The van der Waals surface area contributed by atoms with Gasteiger partial charge in [0.2, 0.25) is 5.91 Å². The molecule has 1 fully saturated rings. The van der Waals surface area contributed by atoms with E-state index in [0.29, 0.717) is 0 Å². The monoisotopic (exact) mass is 482 g/mol. The topological polar surface area (TPSA) is 114 Å². The average Bonchev–Trinajstić information content (AvgIpc) is 3.45. The Morgan fingerprint density at radius 1 is 1.06 bits per heavy atom. The van der Waals surface area contributed by atoms with Crippen LogP contribution in [0.4, 0.5) is 4.79 Å². The van der Waals surface area contributed by atoms with Crippen LogP contribution in [0.25, 0.3) is 11.1 Å². The molecule has 2 aromatic rings. The first-order chi connectivity index (χ1) is 16.8. The van der Waals surface area contributed by atoms with E-state index >= 15 is 0 Å². The molecule has 2 N–H and O–H groups in total. The zero-order chi connectivity index (χ0) is 25.1. The van der Waals surface area contributed by atoms with Crippen LogP contribution in [0.15, 0.2) is 48.5 Å². The second kappa shape index (κ2) is 10.5. The van der Waals surface area contributed by atoms with Gasteiger partial charge in [0.05, 0.1) is 12.2 Å². The Morgan fingerprint density at radius 2 is 1.66 bits per heavy atom. The quantitative estimate of drug-likeness (QED) is 0.594. The van der Waals surface area contributed by atoms with Crippen molar-refractivity contribution in [3.63, 3.8) is 0 Å². The molecule has 9 heteroatoms. The minimum atomic E-state index is -1.12. The number of aliphatic carboxylic acids is 1. The van der Waals surface area contributed by atoms with Crippen LogP contribution in [-0.2, 0) is 23.8 Å². The van der Waals surface area contributed by atoms with Gasteiger partial charge in [0, 0.05) is 33.1 Å². The molecule has 4 rings (SSSR count). The molecule has 9 nitrogen and oxygen atoms in total. The number of ether oxygens (including phenoxy) is 3. The zero-order valence-corrected chi connectivity index (χ0v) is 20.0. The highest BCUT2D eigenvalue weighted by atomic mass is 16.5. The highest BCUT2D eigenvalue weighted by Gasteiger charge is 2.44. The Hall–Kier alpha value is -3.43. The smallest absolute Gasteiger partial charge is 0.407 e. The number of likely N-dealkylation sites (tertiary alicyclic amines) is 1. The van der Waals surface area contributed by atoms with Crippen molar-refractivity contribution in [1.29, 1.82) is 0 Å². The van der Waals surface area contributed by atoms with Gasteiger partial charge in [-0.05, 0) is 29.2 Å². The number of nitrogens with zero attached hydrogens (tertiary/aromatic N) is 1. The van der Waals surface area contributed by atoms with Crippen LogP contribution in [0.3, 0.4) is 0 Å². The van der Waals surface area contributed by atoms with E-state index in [1.54, 1.807) is 6.92 Å². The molecule has 186 valence electrons. The molecule has 0 aromatic heterocycles. The first kappa shape index (κ1) is 24.7. The summed E-state index contributed by atoms with van der Waals surface area (Å²) in [6.45, 7) is 1.84. The number of methoxy groups -OCH3 is 2. The third kappa shape index (κ3) is 4.87.